The van der Waals surface area contributed by atoms with E-state index in [0.29, 0.717) is 18.0 Å². The zero-order chi connectivity index (χ0) is 11.5. The van der Waals surface area contributed by atoms with E-state index in [1.807, 2.05) is 12.1 Å². The van der Waals surface area contributed by atoms with Crippen LogP contribution in [0.2, 0.25) is 5.15 Å². The van der Waals surface area contributed by atoms with Gasteiger partial charge in [0.15, 0.2) is 5.15 Å². The van der Waals surface area contributed by atoms with E-state index in [2.05, 4.69) is 9.88 Å². The van der Waals surface area contributed by atoms with Gasteiger partial charge in [-0.05, 0) is 25.0 Å². The molecule has 0 radical (unpaired) electrons. The number of piperidine rings is 1. The second-order valence-electron chi connectivity index (χ2n) is 3.91. The first-order valence-electron chi connectivity index (χ1n) is 5.27. The number of aliphatic carboxylic acids is 1. The predicted octanol–water partition coefficient (Wildman–Crippen LogP) is 2.04. The highest BCUT2D eigenvalue weighted by Crippen LogP contribution is 2.27. The van der Waals surface area contributed by atoms with Gasteiger partial charge < -0.3 is 10.0 Å². The van der Waals surface area contributed by atoms with Gasteiger partial charge in [0, 0.05) is 19.3 Å². The van der Waals surface area contributed by atoms with Crippen LogP contribution in [0.15, 0.2) is 18.3 Å². The second-order valence-corrected chi connectivity index (χ2v) is 4.27. The molecule has 0 unspecified atom stereocenters. The summed E-state index contributed by atoms with van der Waals surface area (Å²) >= 11 is 5.99. The van der Waals surface area contributed by atoms with Crippen LogP contribution in [0.4, 0.5) is 5.69 Å². The average Bonchev–Trinajstić information content (AvgIpc) is 2.30. The average molecular weight is 241 g/mol. The fourth-order valence-electron chi connectivity index (χ4n) is 1.98. The second kappa shape index (κ2) is 4.70. The van der Waals surface area contributed by atoms with Gasteiger partial charge >= 0.3 is 5.97 Å². The van der Waals surface area contributed by atoms with Crippen LogP contribution in [0, 0.1) is 5.92 Å². The first-order chi connectivity index (χ1) is 7.68. The number of aromatic nitrogens is 1. The smallest absolute Gasteiger partial charge is 0.306 e. The van der Waals surface area contributed by atoms with Gasteiger partial charge in [0.1, 0.15) is 0 Å². The Morgan fingerprint density at radius 2 is 2.19 bits per heavy atom. The summed E-state index contributed by atoms with van der Waals surface area (Å²) in [5, 5.41) is 9.38. The number of hydrogen-bond acceptors (Lipinski definition) is 3. The molecule has 0 saturated carbocycles. The number of hydrogen-bond donors (Lipinski definition) is 1. The largest absolute Gasteiger partial charge is 0.481 e. The molecule has 1 aliphatic heterocycles. The van der Waals surface area contributed by atoms with Crippen LogP contribution < -0.4 is 4.90 Å². The summed E-state index contributed by atoms with van der Waals surface area (Å²) in [7, 11) is 0. The van der Waals surface area contributed by atoms with E-state index in [-0.39, 0.29) is 5.92 Å². The molecule has 1 aromatic rings. The van der Waals surface area contributed by atoms with E-state index in [4.69, 9.17) is 16.7 Å². The molecule has 1 aliphatic rings. The van der Waals surface area contributed by atoms with Gasteiger partial charge in [-0.25, -0.2) is 4.98 Å². The highest BCUT2D eigenvalue weighted by atomic mass is 35.5. The van der Waals surface area contributed by atoms with Crippen LogP contribution in [0.25, 0.3) is 0 Å². The molecule has 4 nitrogen and oxygen atoms in total. The summed E-state index contributed by atoms with van der Waals surface area (Å²) < 4.78 is 0. The molecule has 0 aliphatic carbocycles. The molecule has 1 N–H and O–H groups in total. The van der Waals surface area contributed by atoms with Gasteiger partial charge in [-0.2, -0.15) is 0 Å². The summed E-state index contributed by atoms with van der Waals surface area (Å²) in [5.41, 5.74) is 0.896. The SMILES string of the molecule is O=C(O)C1CCN(c2cccnc2Cl)CC1. The molecule has 0 bridgehead atoms. The number of carbonyl (C=O) groups is 1. The first-order valence-corrected chi connectivity index (χ1v) is 5.64. The van der Waals surface area contributed by atoms with Crippen molar-refractivity contribution in [3.05, 3.63) is 23.5 Å². The maximum atomic E-state index is 10.8. The van der Waals surface area contributed by atoms with E-state index in [1.54, 1.807) is 6.20 Å². The van der Waals surface area contributed by atoms with Crippen LogP contribution in [0.3, 0.4) is 0 Å². The maximum Gasteiger partial charge on any atom is 0.306 e. The van der Waals surface area contributed by atoms with Crippen molar-refractivity contribution in [2.45, 2.75) is 12.8 Å². The van der Waals surface area contributed by atoms with Gasteiger partial charge in [0.25, 0.3) is 0 Å². The van der Waals surface area contributed by atoms with E-state index in [9.17, 15) is 4.79 Å². The molecule has 5 heteroatoms. The van der Waals surface area contributed by atoms with Gasteiger partial charge in [-0.15, -0.1) is 0 Å². The first kappa shape index (κ1) is 11.2. The Balaban J connectivity index is 2.05. The number of carboxylic acid groups (broad SMARTS) is 1. The molecule has 0 spiro atoms. The van der Waals surface area contributed by atoms with E-state index < -0.39 is 5.97 Å². The Labute approximate surface area is 98.9 Å². The summed E-state index contributed by atoms with van der Waals surface area (Å²) in [4.78, 5) is 16.9. The summed E-state index contributed by atoms with van der Waals surface area (Å²) in [5.74, 6) is -0.913. The molecule has 1 fully saturated rings. The third kappa shape index (κ3) is 2.27. The zero-order valence-electron chi connectivity index (χ0n) is 8.77. The minimum absolute atomic E-state index is 0.216. The highest BCUT2D eigenvalue weighted by molar-refractivity contribution is 6.32. The molecule has 1 aromatic heterocycles. The molecule has 1 saturated heterocycles. The molecule has 0 atom stereocenters. The Bertz CT molecular complexity index is 389. The van der Waals surface area contributed by atoms with Gasteiger partial charge in [-0.1, -0.05) is 11.6 Å². The lowest BCUT2D eigenvalue weighted by atomic mass is 9.97. The van der Waals surface area contributed by atoms with Crippen LogP contribution >= 0.6 is 11.6 Å². The quantitative estimate of drug-likeness (QED) is 0.804. The van der Waals surface area contributed by atoms with Crippen molar-refractivity contribution in [2.75, 3.05) is 18.0 Å². The molecular weight excluding hydrogens is 228 g/mol. The Kier molecular flexibility index (Phi) is 3.29. The van der Waals surface area contributed by atoms with Crippen molar-refractivity contribution in [2.24, 2.45) is 5.92 Å². The zero-order valence-corrected chi connectivity index (χ0v) is 9.52. The minimum atomic E-state index is -0.697. The molecule has 2 heterocycles. The lowest BCUT2D eigenvalue weighted by molar-refractivity contribution is -0.142. The Morgan fingerprint density at radius 1 is 1.50 bits per heavy atom. The molecular formula is C11H13ClN2O2. The molecule has 86 valence electrons. The van der Waals surface area contributed by atoms with Crippen LogP contribution in [0.1, 0.15) is 12.8 Å². The Hall–Kier alpha value is -1.29. The number of pyridine rings is 1. The topological polar surface area (TPSA) is 53.4 Å². The molecule has 16 heavy (non-hydrogen) atoms. The van der Waals surface area contributed by atoms with E-state index in [0.717, 1.165) is 18.8 Å². The Morgan fingerprint density at radius 3 is 2.75 bits per heavy atom. The summed E-state index contributed by atoms with van der Waals surface area (Å²) in [6.07, 6.45) is 2.98. The fraction of sp³-hybridized carbons (Fsp3) is 0.455. The minimum Gasteiger partial charge on any atom is -0.481 e. The van der Waals surface area contributed by atoms with Crippen molar-refractivity contribution in [1.29, 1.82) is 0 Å². The van der Waals surface area contributed by atoms with Crippen LogP contribution in [0.5, 0.6) is 0 Å². The number of carboxylic acids is 1. The molecule has 2 rings (SSSR count). The van der Waals surface area contributed by atoms with Crippen LogP contribution in [-0.2, 0) is 4.79 Å². The third-order valence-electron chi connectivity index (χ3n) is 2.92. The number of anilines is 1. The lowest BCUT2D eigenvalue weighted by Gasteiger charge is -2.32. The lowest BCUT2D eigenvalue weighted by Crippen LogP contribution is -2.36. The molecule has 0 amide bonds. The van der Waals surface area contributed by atoms with Crippen molar-refractivity contribution >= 4 is 23.3 Å². The normalized spacial score (nSPS) is 17.4. The summed E-state index contributed by atoms with van der Waals surface area (Å²) in [6, 6.07) is 3.75. The number of rotatable bonds is 2. The fourth-order valence-corrected chi connectivity index (χ4v) is 2.22. The van der Waals surface area contributed by atoms with Gasteiger partial charge in [0.2, 0.25) is 0 Å². The van der Waals surface area contributed by atoms with Crippen molar-refractivity contribution in [3.8, 4) is 0 Å². The van der Waals surface area contributed by atoms with Gasteiger partial charge in [0.05, 0.1) is 11.6 Å². The number of halogens is 1. The molecule has 0 aromatic carbocycles. The van der Waals surface area contributed by atoms with Gasteiger partial charge in [-0.3, -0.25) is 4.79 Å². The maximum absolute atomic E-state index is 10.8. The highest BCUT2D eigenvalue weighted by Gasteiger charge is 2.25. The standard InChI is InChI=1S/C11H13ClN2O2/c12-10-9(2-1-5-13-10)14-6-3-8(4-7-14)11(15)16/h1-2,5,8H,3-4,6-7H2,(H,15,16). The van der Waals surface area contributed by atoms with Crippen molar-refractivity contribution < 1.29 is 9.90 Å². The van der Waals surface area contributed by atoms with Crippen LogP contribution in [-0.4, -0.2) is 29.1 Å². The summed E-state index contributed by atoms with van der Waals surface area (Å²) in [6.45, 7) is 1.45. The van der Waals surface area contributed by atoms with Crippen molar-refractivity contribution in [1.82, 2.24) is 4.98 Å². The predicted molar refractivity (Wildman–Crippen MR) is 61.8 cm³/mol. The van der Waals surface area contributed by atoms with E-state index >= 15 is 0 Å². The van der Waals surface area contributed by atoms with Crippen molar-refractivity contribution in [3.63, 3.8) is 0 Å². The van der Waals surface area contributed by atoms with E-state index in [1.165, 1.54) is 0 Å². The third-order valence-corrected chi connectivity index (χ3v) is 3.22. The number of nitrogens with zero attached hydrogens (tertiary/aromatic N) is 2. The monoisotopic (exact) mass is 240 g/mol.